The van der Waals surface area contributed by atoms with Gasteiger partial charge in [-0.25, -0.2) is 0 Å². The molecule has 0 radical (unpaired) electrons. The van der Waals surface area contributed by atoms with E-state index in [4.69, 9.17) is 20.4 Å². The zero-order valence-electron chi connectivity index (χ0n) is 13.1. The maximum Gasteiger partial charge on any atom is 0.303 e. The largest absolute Gasteiger partial charge is 0.481 e. The van der Waals surface area contributed by atoms with E-state index < -0.39 is 41.5 Å². The Morgan fingerprint density at radius 1 is 0.500 bits per heavy atom. The van der Waals surface area contributed by atoms with Crippen LogP contribution in [0.1, 0.15) is 51.4 Å². The highest BCUT2D eigenvalue weighted by Crippen LogP contribution is 2.25. The predicted molar refractivity (Wildman–Crippen MR) is 79.5 cm³/mol. The van der Waals surface area contributed by atoms with E-state index in [9.17, 15) is 24.0 Å². The molecule has 0 aliphatic heterocycles. The molecular weight excluding hydrogens is 324 g/mol. The van der Waals surface area contributed by atoms with Crippen molar-refractivity contribution in [3.63, 3.8) is 0 Å². The van der Waals surface area contributed by atoms with E-state index in [0.717, 1.165) is 0 Å². The van der Waals surface area contributed by atoms with E-state index in [1.807, 2.05) is 0 Å². The Bertz CT molecular complexity index is 405. The molecule has 136 valence electrons. The first-order valence-corrected chi connectivity index (χ1v) is 7.54. The lowest BCUT2D eigenvalue weighted by Crippen LogP contribution is -2.26. The molecule has 0 aromatic carbocycles. The third kappa shape index (κ3) is 10.3. The minimum absolute atomic E-state index is 0.0575. The van der Waals surface area contributed by atoms with E-state index >= 15 is 0 Å². The number of Topliss-reactive ketones (excluding diaryl/α,β-unsaturated/α-hetero) is 1. The number of carbonyl (C=O) groups is 5. The van der Waals surface area contributed by atoms with Crippen molar-refractivity contribution < 1.29 is 44.4 Å². The number of ketones is 1. The summed E-state index contributed by atoms with van der Waals surface area (Å²) in [7, 11) is 0. The summed E-state index contributed by atoms with van der Waals surface area (Å²) in [5, 5.41) is 34.9. The van der Waals surface area contributed by atoms with Crippen molar-refractivity contribution in [1.29, 1.82) is 0 Å². The Morgan fingerprint density at radius 2 is 0.708 bits per heavy atom. The Labute approximate surface area is 138 Å². The molecule has 0 aromatic heterocycles. The fourth-order valence-electron chi connectivity index (χ4n) is 2.38. The monoisotopic (exact) mass is 346 g/mol. The molecule has 24 heavy (non-hydrogen) atoms. The zero-order chi connectivity index (χ0) is 18.7. The van der Waals surface area contributed by atoms with Crippen LogP contribution in [0.15, 0.2) is 0 Å². The van der Waals surface area contributed by atoms with Gasteiger partial charge in [0, 0.05) is 37.5 Å². The van der Waals surface area contributed by atoms with E-state index in [1.165, 1.54) is 0 Å². The van der Waals surface area contributed by atoms with Crippen LogP contribution < -0.4 is 0 Å². The molecule has 9 heteroatoms. The Hall–Kier alpha value is -2.45. The molecule has 0 unspecified atom stereocenters. The van der Waals surface area contributed by atoms with Crippen LogP contribution in [0.4, 0.5) is 0 Å². The minimum Gasteiger partial charge on any atom is -0.481 e. The first kappa shape index (κ1) is 21.6. The van der Waals surface area contributed by atoms with Gasteiger partial charge in [0.25, 0.3) is 0 Å². The van der Waals surface area contributed by atoms with E-state index in [0.29, 0.717) is 0 Å². The summed E-state index contributed by atoms with van der Waals surface area (Å²) >= 11 is 0. The lowest BCUT2D eigenvalue weighted by molar-refractivity contribution is -0.138. The van der Waals surface area contributed by atoms with Crippen LogP contribution in [-0.4, -0.2) is 50.1 Å². The van der Waals surface area contributed by atoms with Gasteiger partial charge in [-0.1, -0.05) is 0 Å². The van der Waals surface area contributed by atoms with Crippen molar-refractivity contribution in [3.8, 4) is 0 Å². The number of carboxylic acids is 4. The summed E-state index contributed by atoms with van der Waals surface area (Å²) in [5.74, 6) is -6.66. The van der Waals surface area contributed by atoms with Gasteiger partial charge in [0.05, 0.1) is 0 Å². The second-order valence-electron chi connectivity index (χ2n) is 5.53. The highest BCUT2D eigenvalue weighted by molar-refractivity contribution is 5.85. The van der Waals surface area contributed by atoms with Gasteiger partial charge in [0.15, 0.2) is 0 Å². The quantitative estimate of drug-likeness (QED) is 0.362. The van der Waals surface area contributed by atoms with Crippen molar-refractivity contribution in [2.45, 2.75) is 51.4 Å². The molecule has 0 aromatic rings. The van der Waals surface area contributed by atoms with Crippen molar-refractivity contribution in [2.75, 3.05) is 0 Å². The van der Waals surface area contributed by atoms with Crippen LogP contribution in [0.3, 0.4) is 0 Å². The predicted octanol–water partition coefficient (Wildman–Crippen LogP) is 1.25. The van der Waals surface area contributed by atoms with Crippen molar-refractivity contribution >= 4 is 29.7 Å². The fraction of sp³-hybridized carbons (Fsp3) is 0.667. The van der Waals surface area contributed by atoms with Gasteiger partial charge in [0.2, 0.25) is 0 Å². The molecule has 0 spiro atoms. The number of hydrogen-bond donors (Lipinski definition) is 4. The smallest absolute Gasteiger partial charge is 0.303 e. The van der Waals surface area contributed by atoms with E-state index in [1.54, 1.807) is 0 Å². The molecule has 0 atom stereocenters. The Morgan fingerprint density at radius 3 is 0.875 bits per heavy atom. The molecule has 0 rings (SSSR count). The summed E-state index contributed by atoms with van der Waals surface area (Å²) in [5.41, 5.74) is 0. The summed E-state index contributed by atoms with van der Waals surface area (Å²) in [6.07, 6.45) is -1.51. The third-order valence-corrected chi connectivity index (χ3v) is 3.63. The van der Waals surface area contributed by atoms with Gasteiger partial charge in [0.1, 0.15) is 5.78 Å². The van der Waals surface area contributed by atoms with Crippen LogP contribution in [0.2, 0.25) is 0 Å². The fourth-order valence-corrected chi connectivity index (χ4v) is 2.38. The van der Waals surface area contributed by atoms with Crippen LogP contribution in [0.25, 0.3) is 0 Å². The van der Waals surface area contributed by atoms with Crippen LogP contribution in [0, 0.1) is 11.8 Å². The van der Waals surface area contributed by atoms with Gasteiger partial charge >= 0.3 is 23.9 Å². The highest BCUT2D eigenvalue weighted by atomic mass is 16.4. The Balaban J connectivity index is 5.03. The molecule has 0 fully saturated rings. The molecular formula is C15H22O9. The molecule has 0 saturated heterocycles. The second-order valence-corrected chi connectivity index (χ2v) is 5.53. The number of hydrogen-bond acceptors (Lipinski definition) is 5. The average molecular weight is 346 g/mol. The lowest BCUT2D eigenvalue weighted by Gasteiger charge is -2.21. The SMILES string of the molecule is O=C(O)CCC(CCC(=O)O)C(=O)C(CCC(=O)O)CCC(=O)O. The maximum atomic E-state index is 12.5. The molecule has 0 aliphatic rings. The number of rotatable bonds is 14. The van der Waals surface area contributed by atoms with Gasteiger partial charge < -0.3 is 20.4 Å². The van der Waals surface area contributed by atoms with E-state index in [-0.39, 0.29) is 51.4 Å². The van der Waals surface area contributed by atoms with Gasteiger partial charge in [-0.3, -0.25) is 24.0 Å². The Kier molecular flexibility index (Phi) is 10.0. The van der Waals surface area contributed by atoms with Crippen LogP contribution >= 0.6 is 0 Å². The van der Waals surface area contributed by atoms with Gasteiger partial charge in [-0.2, -0.15) is 0 Å². The van der Waals surface area contributed by atoms with Crippen LogP contribution in [0.5, 0.6) is 0 Å². The topological polar surface area (TPSA) is 166 Å². The summed E-state index contributed by atoms with van der Waals surface area (Å²) in [6.45, 7) is 0. The number of carboxylic acid groups (broad SMARTS) is 4. The molecule has 0 saturated carbocycles. The highest BCUT2D eigenvalue weighted by Gasteiger charge is 2.28. The third-order valence-electron chi connectivity index (χ3n) is 3.63. The molecule has 0 heterocycles. The van der Waals surface area contributed by atoms with Gasteiger partial charge in [-0.05, 0) is 25.7 Å². The number of aliphatic carboxylic acids is 4. The molecule has 9 nitrogen and oxygen atoms in total. The minimum atomic E-state index is -1.13. The van der Waals surface area contributed by atoms with Crippen molar-refractivity contribution in [3.05, 3.63) is 0 Å². The summed E-state index contributed by atoms with van der Waals surface area (Å²) in [4.78, 5) is 55.2. The van der Waals surface area contributed by atoms with Crippen LogP contribution in [-0.2, 0) is 24.0 Å². The first-order valence-electron chi connectivity index (χ1n) is 7.54. The standard InChI is InChI=1S/C15H22O9/c16-11(17)5-1-9(2-6-12(18)19)15(24)10(3-7-13(20)21)4-8-14(22)23/h9-10H,1-8H2,(H,16,17)(H,18,19)(H,20,21)(H,22,23). The first-order chi connectivity index (χ1) is 11.1. The average Bonchev–Trinajstić information content (AvgIpc) is 2.45. The molecule has 0 amide bonds. The summed E-state index contributed by atoms with van der Waals surface area (Å²) in [6, 6.07) is 0. The zero-order valence-corrected chi connectivity index (χ0v) is 13.1. The second kappa shape index (κ2) is 11.1. The van der Waals surface area contributed by atoms with Crippen molar-refractivity contribution in [2.24, 2.45) is 11.8 Å². The summed E-state index contributed by atoms with van der Waals surface area (Å²) < 4.78 is 0. The molecule has 0 bridgehead atoms. The number of carbonyl (C=O) groups excluding carboxylic acids is 1. The van der Waals surface area contributed by atoms with Gasteiger partial charge in [-0.15, -0.1) is 0 Å². The van der Waals surface area contributed by atoms with E-state index in [2.05, 4.69) is 0 Å². The normalized spacial score (nSPS) is 10.8. The molecule has 4 N–H and O–H groups in total. The van der Waals surface area contributed by atoms with Crippen molar-refractivity contribution in [1.82, 2.24) is 0 Å². The maximum absolute atomic E-state index is 12.5. The molecule has 0 aliphatic carbocycles. The lowest BCUT2D eigenvalue weighted by atomic mass is 9.82.